The van der Waals surface area contributed by atoms with Crippen LogP contribution in [0.15, 0.2) is 28.8 Å². The molecule has 11 heteroatoms. The van der Waals surface area contributed by atoms with Crippen molar-refractivity contribution < 1.29 is 35.7 Å². The Hall–Kier alpha value is -2.59. The molecule has 0 aliphatic carbocycles. The Balaban J connectivity index is 2.08. The highest BCUT2D eigenvalue weighted by molar-refractivity contribution is 5.95. The van der Waals surface area contributed by atoms with Gasteiger partial charge in [-0.1, -0.05) is 17.3 Å². The van der Waals surface area contributed by atoms with E-state index in [4.69, 9.17) is 0 Å². The summed E-state index contributed by atoms with van der Waals surface area (Å²) in [7, 11) is 1.22. The number of rotatable bonds is 4. The summed E-state index contributed by atoms with van der Waals surface area (Å²) < 4.78 is 79.8. The first kappa shape index (κ1) is 18.7. The van der Waals surface area contributed by atoms with E-state index in [1.165, 1.54) is 13.1 Å². The second-order valence-electron chi connectivity index (χ2n) is 5.03. The number of halogens is 6. The topological polar surface area (TPSA) is 59.2 Å². The van der Waals surface area contributed by atoms with Crippen molar-refractivity contribution >= 4 is 5.91 Å². The van der Waals surface area contributed by atoms with E-state index in [0.29, 0.717) is 0 Å². The molecular formula is C14H11F6N3O2. The normalized spacial score (nSPS) is 12.3. The SMILES string of the molecule is CN(CCc1noc(C(F)(F)F)n1)C(=O)c1ccccc1C(F)(F)F. The summed E-state index contributed by atoms with van der Waals surface area (Å²) >= 11 is 0. The standard InChI is InChI=1S/C14H11F6N3O2/c1-23(7-6-10-21-12(25-22-10)14(18,19)20)11(24)8-4-2-3-5-9(8)13(15,16)17/h2-5H,6-7H2,1H3. The van der Waals surface area contributed by atoms with Gasteiger partial charge in [0.15, 0.2) is 5.82 Å². The van der Waals surface area contributed by atoms with Gasteiger partial charge in [0, 0.05) is 20.0 Å². The van der Waals surface area contributed by atoms with Crippen molar-refractivity contribution in [3.8, 4) is 0 Å². The van der Waals surface area contributed by atoms with Crippen LogP contribution in [-0.4, -0.2) is 34.5 Å². The van der Waals surface area contributed by atoms with Crippen molar-refractivity contribution in [1.29, 1.82) is 0 Å². The fourth-order valence-corrected chi connectivity index (χ4v) is 1.96. The summed E-state index contributed by atoms with van der Waals surface area (Å²) in [5, 5.41) is 3.12. The van der Waals surface area contributed by atoms with E-state index < -0.39 is 35.3 Å². The van der Waals surface area contributed by atoms with Gasteiger partial charge in [0.1, 0.15) is 0 Å². The lowest BCUT2D eigenvalue weighted by molar-refractivity contribution is -0.159. The number of likely N-dealkylation sites (N-methyl/N-ethyl adjacent to an activating group) is 1. The number of benzene rings is 1. The molecule has 1 aromatic carbocycles. The largest absolute Gasteiger partial charge is 0.471 e. The first-order chi connectivity index (χ1) is 11.5. The number of aromatic nitrogens is 2. The molecular weight excluding hydrogens is 356 g/mol. The highest BCUT2D eigenvalue weighted by atomic mass is 19.4. The fraction of sp³-hybridized carbons (Fsp3) is 0.357. The van der Waals surface area contributed by atoms with Crippen LogP contribution in [0.25, 0.3) is 0 Å². The molecule has 0 radical (unpaired) electrons. The van der Waals surface area contributed by atoms with Gasteiger partial charge in [-0.15, -0.1) is 0 Å². The number of hydrogen-bond acceptors (Lipinski definition) is 4. The second-order valence-corrected chi connectivity index (χ2v) is 5.03. The zero-order chi connectivity index (χ0) is 18.8. The molecule has 2 rings (SSSR count). The van der Waals surface area contributed by atoms with Crippen LogP contribution in [0.3, 0.4) is 0 Å². The molecule has 25 heavy (non-hydrogen) atoms. The Morgan fingerprint density at radius 1 is 1.12 bits per heavy atom. The van der Waals surface area contributed by atoms with E-state index >= 15 is 0 Å². The molecule has 0 aliphatic heterocycles. The van der Waals surface area contributed by atoms with Crippen LogP contribution in [0, 0.1) is 0 Å². The first-order valence-corrected chi connectivity index (χ1v) is 6.81. The van der Waals surface area contributed by atoms with Gasteiger partial charge in [0.25, 0.3) is 5.91 Å². The third kappa shape index (κ3) is 4.48. The molecule has 136 valence electrons. The predicted octanol–water partition coefficient (Wildman–Crippen LogP) is 3.42. The molecule has 0 atom stereocenters. The summed E-state index contributed by atoms with van der Waals surface area (Å²) in [6.45, 7) is -0.193. The van der Waals surface area contributed by atoms with Crippen LogP contribution in [0.5, 0.6) is 0 Å². The predicted molar refractivity (Wildman–Crippen MR) is 71.4 cm³/mol. The molecule has 0 spiro atoms. The molecule has 0 N–H and O–H groups in total. The fourth-order valence-electron chi connectivity index (χ4n) is 1.96. The Labute approximate surface area is 137 Å². The maximum absolute atomic E-state index is 12.9. The van der Waals surface area contributed by atoms with Crippen LogP contribution in [0.2, 0.25) is 0 Å². The molecule has 1 amide bonds. The van der Waals surface area contributed by atoms with Gasteiger partial charge < -0.3 is 9.42 Å². The lowest BCUT2D eigenvalue weighted by Gasteiger charge is -2.19. The van der Waals surface area contributed by atoms with Crippen molar-refractivity contribution in [2.75, 3.05) is 13.6 Å². The first-order valence-electron chi connectivity index (χ1n) is 6.81. The molecule has 0 aliphatic rings. The Kier molecular flexibility index (Phi) is 5.04. The third-order valence-corrected chi connectivity index (χ3v) is 3.19. The zero-order valence-corrected chi connectivity index (χ0v) is 12.6. The van der Waals surface area contributed by atoms with Gasteiger partial charge in [0.2, 0.25) is 0 Å². The molecule has 1 aromatic heterocycles. The molecule has 0 unspecified atom stereocenters. The number of nitrogens with zero attached hydrogens (tertiary/aromatic N) is 3. The van der Waals surface area contributed by atoms with Crippen LogP contribution < -0.4 is 0 Å². The number of hydrogen-bond donors (Lipinski definition) is 0. The van der Waals surface area contributed by atoms with E-state index in [0.717, 1.165) is 23.1 Å². The van der Waals surface area contributed by atoms with Crippen molar-refractivity contribution in [2.24, 2.45) is 0 Å². The van der Waals surface area contributed by atoms with Crippen molar-refractivity contribution in [3.63, 3.8) is 0 Å². The molecule has 0 saturated carbocycles. The maximum atomic E-state index is 12.9. The van der Waals surface area contributed by atoms with Gasteiger partial charge >= 0.3 is 18.2 Å². The van der Waals surface area contributed by atoms with Gasteiger partial charge in [0.05, 0.1) is 11.1 Å². The summed E-state index contributed by atoms with van der Waals surface area (Å²) in [5.74, 6) is -2.76. The second kappa shape index (κ2) is 6.73. The number of carbonyl (C=O) groups excluding carboxylic acids is 1. The number of carbonyl (C=O) groups is 1. The Morgan fingerprint density at radius 3 is 2.32 bits per heavy atom. The Morgan fingerprint density at radius 2 is 1.76 bits per heavy atom. The molecule has 0 bridgehead atoms. The average molecular weight is 367 g/mol. The van der Waals surface area contributed by atoms with Crippen LogP contribution >= 0.6 is 0 Å². The molecule has 2 aromatic rings. The maximum Gasteiger partial charge on any atom is 0.471 e. The van der Waals surface area contributed by atoms with E-state index in [1.54, 1.807) is 0 Å². The van der Waals surface area contributed by atoms with Crippen molar-refractivity contribution in [3.05, 3.63) is 47.1 Å². The minimum atomic E-state index is -4.79. The van der Waals surface area contributed by atoms with E-state index in [1.807, 2.05) is 0 Å². The zero-order valence-electron chi connectivity index (χ0n) is 12.6. The summed E-state index contributed by atoms with van der Waals surface area (Å²) in [5.41, 5.74) is -1.65. The minimum absolute atomic E-state index is 0.193. The lowest BCUT2D eigenvalue weighted by Crippen LogP contribution is -2.30. The summed E-state index contributed by atoms with van der Waals surface area (Å²) in [4.78, 5) is 16.2. The third-order valence-electron chi connectivity index (χ3n) is 3.19. The van der Waals surface area contributed by atoms with Crippen LogP contribution in [0.4, 0.5) is 26.3 Å². The Bertz CT molecular complexity index is 754. The molecule has 1 heterocycles. The highest BCUT2D eigenvalue weighted by Crippen LogP contribution is 2.32. The van der Waals surface area contributed by atoms with Gasteiger partial charge in [-0.25, -0.2) is 0 Å². The van der Waals surface area contributed by atoms with Crippen LogP contribution in [-0.2, 0) is 18.8 Å². The molecule has 0 saturated heterocycles. The smallest absolute Gasteiger partial charge is 0.341 e. The van der Waals surface area contributed by atoms with Gasteiger partial charge in [-0.2, -0.15) is 31.3 Å². The summed E-state index contributed by atoms with van der Waals surface area (Å²) in [6.07, 6.45) is -9.71. The van der Waals surface area contributed by atoms with Gasteiger partial charge in [-0.05, 0) is 12.1 Å². The van der Waals surface area contributed by atoms with E-state index in [2.05, 4.69) is 14.7 Å². The lowest BCUT2D eigenvalue weighted by atomic mass is 10.1. The summed E-state index contributed by atoms with van der Waals surface area (Å²) in [6, 6.07) is 4.23. The van der Waals surface area contributed by atoms with Crippen molar-refractivity contribution in [1.82, 2.24) is 15.0 Å². The quantitative estimate of drug-likeness (QED) is 0.777. The average Bonchev–Trinajstić information content (AvgIpc) is 3.00. The molecule has 0 fully saturated rings. The van der Waals surface area contributed by atoms with Gasteiger partial charge in [-0.3, -0.25) is 4.79 Å². The number of amides is 1. The molecule has 5 nitrogen and oxygen atoms in total. The van der Waals surface area contributed by atoms with E-state index in [-0.39, 0.29) is 18.8 Å². The van der Waals surface area contributed by atoms with Crippen molar-refractivity contribution in [2.45, 2.75) is 18.8 Å². The monoisotopic (exact) mass is 367 g/mol. The minimum Gasteiger partial charge on any atom is -0.341 e. The highest BCUT2D eigenvalue weighted by Gasteiger charge is 2.38. The number of alkyl halides is 6. The van der Waals surface area contributed by atoms with Crippen LogP contribution in [0.1, 0.15) is 27.6 Å². The van der Waals surface area contributed by atoms with E-state index in [9.17, 15) is 31.1 Å².